The van der Waals surface area contributed by atoms with Gasteiger partial charge in [-0.1, -0.05) is 49.7 Å². The molecule has 1 aromatic heterocycles. The number of nitriles is 1. The first-order chi connectivity index (χ1) is 22.5. The van der Waals surface area contributed by atoms with Gasteiger partial charge < -0.3 is 24.9 Å². The number of alkyl halides is 1. The molecule has 7 atom stereocenters. The first-order valence-electron chi connectivity index (χ1n) is 16.1. The molecule has 3 amide bonds. The Morgan fingerprint density at radius 3 is 2.57 bits per heavy atom. The van der Waals surface area contributed by atoms with Crippen molar-refractivity contribution in [3.05, 3.63) is 70.6 Å². The fourth-order valence-electron chi connectivity index (χ4n) is 7.51. The Labute approximate surface area is 276 Å². The molecule has 1 unspecified atom stereocenters. The van der Waals surface area contributed by atoms with E-state index < -0.39 is 31.5 Å². The van der Waals surface area contributed by atoms with Crippen LogP contribution in [0.15, 0.2) is 54.6 Å². The molecule has 10 nitrogen and oxygen atoms in total. The van der Waals surface area contributed by atoms with Gasteiger partial charge in [0, 0.05) is 29.7 Å². The minimum Gasteiger partial charge on any atom is -0.340 e. The summed E-state index contributed by atoms with van der Waals surface area (Å²) in [6.45, 7) is 2.83. The van der Waals surface area contributed by atoms with Crippen molar-refractivity contribution in [2.75, 3.05) is 13.1 Å². The average molecular weight is 681 g/mol. The number of halogens is 1. The largest absolute Gasteiger partial charge is 0.363 e. The summed E-state index contributed by atoms with van der Waals surface area (Å²) in [6.07, 6.45) is 4.10. The highest BCUT2D eigenvalue weighted by Gasteiger charge is 2.48. The van der Waals surface area contributed by atoms with Crippen LogP contribution in [-0.2, 0) is 14.2 Å². The SMILES string of the molecule is CC[C@@H]1CC[C@H](NC(=O)c2cc3cc(C(F)P(=O)(O)O)ccc3s2)C(=O)N2[C@H](CC[C@H]2C(=O)N2C[C@H](c3ccccc3)[C@@H](C#N)C2)C1. The predicted molar refractivity (Wildman–Crippen MR) is 175 cm³/mol. The second-order valence-corrected chi connectivity index (χ2v) is 15.6. The molecule has 4 heterocycles. The van der Waals surface area contributed by atoms with E-state index in [1.54, 1.807) is 9.80 Å². The molecule has 0 radical (unpaired) electrons. The standard InChI is InChI=1S/C34H38FN4O6PS/c1-2-20-8-11-27(37-32(40)30-16-23-15-22(9-13-29(23)47-30)31(35)46(43,44)45)33(41)39-25(14-20)10-12-28(39)34(42)38-18-24(17-36)26(19-38)21-6-4-3-5-7-21/h3-7,9,13,15-16,20,24-28,31H,2,8,10-12,14,18-19H2,1H3,(H,37,40)(H2,43,44,45)/t20-,24+,25-,26-,27+,28+,31?/m1/s1. The number of amides is 3. The minimum absolute atomic E-state index is 0.105. The van der Waals surface area contributed by atoms with E-state index in [9.17, 15) is 38.4 Å². The Balaban J connectivity index is 1.22. The molecule has 3 saturated heterocycles. The molecule has 3 aliphatic rings. The maximum atomic E-state index is 14.3. The number of benzene rings is 2. The average Bonchev–Trinajstić information content (AvgIpc) is 3.80. The summed E-state index contributed by atoms with van der Waals surface area (Å²) in [5.41, 5.74) is 0.833. The maximum Gasteiger partial charge on any atom is 0.363 e. The normalized spacial score (nSPS) is 27.2. The maximum absolute atomic E-state index is 14.3. The van der Waals surface area contributed by atoms with Gasteiger partial charge in [-0.15, -0.1) is 11.3 Å². The topological polar surface area (TPSA) is 151 Å². The molecule has 3 aliphatic heterocycles. The highest BCUT2D eigenvalue weighted by molar-refractivity contribution is 7.51. The van der Waals surface area contributed by atoms with E-state index >= 15 is 0 Å². The van der Waals surface area contributed by atoms with Crippen molar-refractivity contribution in [3.8, 4) is 6.07 Å². The molecule has 3 aromatic rings. The number of hydrogen-bond donors (Lipinski definition) is 3. The van der Waals surface area contributed by atoms with Crippen LogP contribution in [0.3, 0.4) is 0 Å². The van der Waals surface area contributed by atoms with Crippen molar-refractivity contribution >= 4 is 46.7 Å². The molecule has 0 bridgehead atoms. The van der Waals surface area contributed by atoms with Crippen LogP contribution in [0.1, 0.15) is 78.1 Å². The van der Waals surface area contributed by atoms with Crippen LogP contribution in [-0.4, -0.2) is 68.5 Å². The van der Waals surface area contributed by atoms with E-state index in [0.717, 1.165) is 36.2 Å². The summed E-state index contributed by atoms with van der Waals surface area (Å²) in [6, 6.07) is 16.1. The van der Waals surface area contributed by atoms with Gasteiger partial charge >= 0.3 is 7.60 Å². The Hall–Kier alpha value is -3.62. The molecule has 0 spiro atoms. The first kappa shape index (κ1) is 33.3. The lowest BCUT2D eigenvalue weighted by atomic mass is 9.87. The second-order valence-electron chi connectivity index (χ2n) is 12.9. The number of carbonyl (C=O) groups is 3. The number of thiophene rings is 1. The number of hydrogen-bond acceptors (Lipinski definition) is 6. The molecule has 3 fully saturated rings. The zero-order valence-corrected chi connectivity index (χ0v) is 27.7. The molecular formula is C34H38FN4O6PS. The molecule has 2 aromatic carbocycles. The predicted octanol–water partition coefficient (Wildman–Crippen LogP) is 5.48. The van der Waals surface area contributed by atoms with Crippen molar-refractivity contribution in [1.29, 1.82) is 5.26 Å². The highest BCUT2D eigenvalue weighted by atomic mass is 32.1. The van der Waals surface area contributed by atoms with E-state index in [0.29, 0.717) is 48.4 Å². The van der Waals surface area contributed by atoms with E-state index in [2.05, 4.69) is 18.3 Å². The van der Waals surface area contributed by atoms with Crippen LogP contribution in [0.5, 0.6) is 0 Å². The zero-order chi connectivity index (χ0) is 33.5. The molecule has 3 N–H and O–H groups in total. The van der Waals surface area contributed by atoms with Gasteiger partial charge in [-0.25, -0.2) is 4.39 Å². The number of carbonyl (C=O) groups excluding carboxylic acids is 3. The van der Waals surface area contributed by atoms with Gasteiger partial charge in [-0.05, 0) is 72.7 Å². The number of fused-ring (bicyclic) bond motifs is 2. The van der Waals surface area contributed by atoms with E-state index in [4.69, 9.17) is 0 Å². The van der Waals surface area contributed by atoms with Crippen molar-refractivity contribution in [1.82, 2.24) is 15.1 Å². The lowest BCUT2D eigenvalue weighted by molar-refractivity contribution is -0.147. The number of nitrogens with one attached hydrogen (secondary N) is 1. The third-order valence-electron chi connectivity index (χ3n) is 10.1. The van der Waals surface area contributed by atoms with Crippen LogP contribution in [0, 0.1) is 23.2 Å². The quantitative estimate of drug-likeness (QED) is 0.280. The third-order valence-corrected chi connectivity index (χ3v) is 12.1. The Kier molecular flexibility index (Phi) is 9.54. The van der Waals surface area contributed by atoms with Crippen LogP contribution in [0.2, 0.25) is 0 Å². The third kappa shape index (κ3) is 6.72. The van der Waals surface area contributed by atoms with Gasteiger partial charge in [0.05, 0.1) is 16.9 Å². The fourth-order valence-corrected chi connectivity index (χ4v) is 9.01. The van der Waals surface area contributed by atoms with Gasteiger partial charge in [0.1, 0.15) is 12.1 Å². The molecule has 47 heavy (non-hydrogen) atoms. The second kappa shape index (κ2) is 13.5. The Morgan fingerprint density at radius 1 is 1.11 bits per heavy atom. The number of likely N-dealkylation sites (tertiary alicyclic amines) is 1. The van der Waals surface area contributed by atoms with E-state index in [-0.39, 0.29) is 40.1 Å². The van der Waals surface area contributed by atoms with Crippen LogP contribution < -0.4 is 5.32 Å². The van der Waals surface area contributed by atoms with Gasteiger partial charge in [0.15, 0.2) is 0 Å². The van der Waals surface area contributed by atoms with Crippen molar-refractivity contribution < 1.29 is 33.1 Å². The van der Waals surface area contributed by atoms with Gasteiger partial charge in [-0.3, -0.25) is 18.9 Å². The van der Waals surface area contributed by atoms with Crippen molar-refractivity contribution in [3.63, 3.8) is 0 Å². The molecule has 0 saturated carbocycles. The molecule has 6 rings (SSSR count). The minimum atomic E-state index is -4.99. The summed E-state index contributed by atoms with van der Waals surface area (Å²) in [5, 5.41) is 13.3. The van der Waals surface area contributed by atoms with E-state index in [1.807, 2.05) is 30.3 Å². The lowest BCUT2D eigenvalue weighted by Gasteiger charge is -2.38. The number of rotatable bonds is 7. The molecule has 0 aliphatic carbocycles. The first-order valence-corrected chi connectivity index (χ1v) is 18.6. The summed E-state index contributed by atoms with van der Waals surface area (Å²) in [5.74, 6) is -3.51. The smallest absolute Gasteiger partial charge is 0.340 e. The molecular weight excluding hydrogens is 642 g/mol. The van der Waals surface area contributed by atoms with Gasteiger partial charge in [0.2, 0.25) is 17.7 Å². The molecule has 13 heteroatoms. The summed E-state index contributed by atoms with van der Waals surface area (Å²) in [7, 11) is -4.99. The van der Waals surface area contributed by atoms with Gasteiger partial charge in [0.25, 0.3) is 5.91 Å². The van der Waals surface area contributed by atoms with Crippen LogP contribution in [0.4, 0.5) is 4.39 Å². The monoisotopic (exact) mass is 680 g/mol. The summed E-state index contributed by atoms with van der Waals surface area (Å²) < 4.78 is 26.4. The summed E-state index contributed by atoms with van der Waals surface area (Å²) >= 11 is 1.14. The van der Waals surface area contributed by atoms with Crippen LogP contribution in [0.25, 0.3) is 10.1 Å². The van der Waals surface area contributed by atoms with Crippen molar-refractivity contribution in [2.45, 2.75) is 75.4 Å². The van der Waals surface area contributed by atoms with Gasteiger partial charge in [-0.2, -0.15) is 5.26 Å². The zero-order valence-electron chi connectivity index (χ0n) is 26.0. The lowest BCUT2D eigenvalue weighted by Crippen LogP contribution is -2.57. The Bertz CT molecular complexity index is 1760. The Morgan fingerprint density at radius 2 is 1.87 bits per heavy atom. The van der Waals surface area contributed by atoms with Crippen molar-refractivity contribution in [2.24, 2.45) is 11.8 Å². The summed E-state index contributed by atoms with van der Waals surface area (Å²) in [4.78, 5) is 64.1. The molecule has 248 valence electrons. The number of nitrogens with zero attached hydrogens (tertiary/aromatic N) is 3. The van der Waals surface area contributed by atoms with Crippen LogP contribution >= 0.6 is 18.9 Å². The highest BCUT2D eigenvalue weighted by Crippen LogP contribution is 2.53. The van der Waals surface area contributed by atoms with E-state index in [1.165, 1.54) is 24.3 Å². The fraction of sp³-hybridized carbons (Fsp3) is 0.471.